The fourth-order valence-corrected chi connectivity index (χ4v) is 5.55. The Balaban J connectivity index is 1.65. The number of nitrogens with zero attached hydrogens (tertiary/aromatic N) is 1. The average Bonchev–Trinajstić information content (AvgIpc) is 3.37. The van der Waals surface area contributed by atoms with Crippen molar-refractivity contribution in [2.24, 2.45) is 0 Å². The number of anilines is 1. The average molecular weight is 556 g/mol. The molecule has 1 atom stereocenters. The van der Waals surface area contributed by atoms with E-state index >= 15 is 0 Å². The molecule has 5 rings (SSSR count). The van der Waals surface area contributed by atoms with Gasteiger partial charge in [-0.15, -0.1) is 0 Å². The summed E-state index contributed by atoms with van der Waals surface area (Å²) in [6.45, 7) is 5.58. The molecule has 4 aromatic rings. The molecule has 1 aliphatic carbocycles. The Hall–Kier alpha value is -4.46. The highest BCUT2D eigenvalue weighted by Gasteiger charge is 2.26. The molecular formula is C33H34FN3O4. The molecule has 3 aromatic carbocycles. The Labute approximate surface area is 238 Å². The van der Waals surface area contributed by atoms with Crippen LogP contribution >= 0.6 is 0 Å². The van der Waals surface area contributed by atoms with Gasteiger partial charge in [-0.2, -0.15) is 0 Å². The quantitative estimate of drug-likeness (QED) is 0.264. The number of carbonyl (C=O) groups is 3. The smallest absolute Gasteiger partial charge is 0.255 e. The molecule has 1 aromatic heterocycles. The second-order valence-corrected chi connectivity index (χ2v) is 10.2. The maximum absolute atomic E-state index is 13.7. The minimum Gasteiger partial charge on any atom is -0.455 e. The molecule has 2 N–H and O–H groups in total. The molecule has 0 spiro atoms. The van der Waals surface area contributed by atoms with Gasteiger partial charge >= 0.3 is 0 Å². The lowest BCUT2D eigenvalue weighted by molar-refractivity contribution is -0.122. The molecular weight excluding hydrogens is 521 g/mol. The summed E-state index contributed by atoms with van der Waals surface area (Å²) in [6.07, 6.45) is 2.94. The van der Waals surface area contributed by atoms with Crippen LogP contribution in [0.25, 0.3) is 33.4 Å². The molecule has 0 saturated heterocycles. The number of halogens is 1. The number of benzene rings is 3. The van der Waals surface area contributed by atoms with E-state index in [1.165, 1.54) is 12.1 Å². The van der Waals surface area contributed by atoms with Crippen LogP contribution in [0.5, 0.6) is 0 Å². The van der Waals surface area contributed by atoms with E-state index in [1.54, 1.807) is 25.2 Å². The van der Waals surface area contributed by atoms with Crippen LogP contribution in [0.4, 0.5) is 10.1 Å². The number of nitrogens with one attached hydrogen (secondary N) is 2. The summed E-state index contributed by atoms with van der Waals surface area (Å²) in [5.74, 6) is -0.560. The monoisotopic (exact) mass is 555 g/mol. The number of furan rings is 1. The Morgan fingerprint density at radius 2 is 1.73 bits per heavy atom. The first-order valence-corrected chi connectivity index (χ1v) is 14.1. The van der Waals surface area contributed by atoms with Crippen LogP contribution in [-0.4, -0.2) is 43.8 Å². The Kier molecular flexibility index (Phi) is 8.19. The van der Waals surface area contributed by atoms with Crippen molar-refractivity contribution in [1.29, 1.82) is 0 Å². The van der Waals surface area contributed by atoms with Crippen molar-refractivity contribution in [3.8, 4) is 22.5 Å². The highest BCUT2D eigenvalue weighted by Crippen LogP contribution is 2.41. The molecule has 212 valence electrons. The van der Waals surface area contributed by atoms with Crippen LogP contribution in [0.2, 0.25) is 0 Å². The number of ketones is 1. The van der Waals surface area contributed by atoms with E-state index in [-0.39, 0.29) is 23.4 Å². The maximum Gasteiger partial charge on any atom is 0.255 e. The van der Waals surface area contributed by atoms with Crippen LogP contribution in [0, 0.1) is 5.82 Å². The number of amides is 2. The highest BCUT2D eigenvalue weighted by atomic mass is 19.1. The molecule has 1 aliphatic rings. The van der Waals surface area contributed by atoms with E-state index in [9.17, 15) is 18.8 Å². The zero-order chi connectivity index (χ0) is 29.1. The lowest BCUT2D eigenvalue weighted by Gasteiger charge is -2.25. The summed E-state index contributed by atoms with van der Waals surface area (Å²) in [5, 5.41) is 6.23. The first-order valence-electron chi connectivity index (χ1n) is 14.1. The van der Waals surface area contributed by atoms with Gasteiger partial charge in [-0.1, -0.05) is 18.6 Å². The van der Waals surface area contributed by atoms with E-state index in [4.69, 9.17) is 4.42 Å². The van der Waals surface area contributed by atoms with Crippen molar-refractivity contribution in [2.45, 2.75) is 45.6 Å². The zero-order valence-corrected chi connectivity index (χ0v) is 23.6. The topological polar surface area (TPSA) is 91.7 Å². The minimum atomic E-state index is -0.451. The molecule has 0 aliphatic heterocycles. The van der Waals surface area contributed by atoms with Crippen molar-refractivity contribution in [3.05, 3.63) is 77.6 Å². The van der Waals surface area contributed by atoms with Gasteiger partial charge in [-0.3, -0.25) is 14.4 Å². The van der Waals surface area contributed by atoms with Crippen LogP contribution in [0.3, 0.4) is 0 Å². The van der Waals surface area contributed by atoms with E-state index in [0.29, 0.717) is 46.3 Å². The van der Waals surface area contributed by atoms with Gasteiger partial charge in [0.15, 0.2) is 5.78 Å². The van der Waals surface area contributed by atoms with Gasteiger partial charge in [-0.05, 0) is 74.7 Å². The zero-order valence-electron chi connectivity index (χ0n) is 23.6. The number of hydrogen-bond acceptors (Lipinski definition) is 5. The summed E-state index contributed by atoms with van der Waals surface area (Å²) < 4.78 is 19.9. The molecule has 0 bridgehead atoms. The summed E-state index contributed by atoms with van der Waals surface area (Å²) in [6, 6.07) is 16.5. The molecule has 41 heavy (non-hydrogen) atoms. The third-order valence-corrected chi connectivity index (χ3v) is 7.77. The molecule has 7 nitrogen and oxygen atoms in total. The minimum absolute atomic E-state index is 0.0775. The summed E-state index contributed by atoms with van der Waals surface area (Å²) in [4.78, 5) is 40.8. The number of carbonyl (C=O) groups excluding carboxylic acids is 3. The van der Waals surface area contributed by atoms with Crippen LogP contribution in [-0.2, 0) is 4.79 Å². The van der Waals surface area contributed by atoms with Crippen LogP contribution in [0.1, 0.15) is 60.2 Å². The van der Waals surface area contributed by atoms with Crippen molar-refractivity contribution in [2.75, 3.05) is 25.0 Å². The SMILES string of the molecule is CCN(CC)c1cc2oc(-c3ccc(F)cc3)c(C(=O)NC)c2cc1-c1cccc(C(=O)NC2CCCCC2=O)c1. The molecule has 1 fully saturated rings. The summed E-state index contributed by atoms with van der Waals surface area (Å²) in [5.41, 5.74) is 4.44. The lowest BCUT2D eigenvalue weighted by atomic mass is 9.93. The predicted molar refractivity (Wildman–Crippen MR) is 159 cm³/mol. The second-order valence-electron chi connectivity index (χ2n) is 10.2. The van der Waals surface area contributed by atoms with E-state index in [1.807, 2.05) is 30.3 Å². The molecule has 1 unspecified atom stereocenters. The summed E-state index contributed by atoms with van der Waals surface area (Å²) >= 11 is 0. The van der Waals surface area contributed by atoms with E-state index in [0.717, 1.165) is 42.7 Å². The Bertz CT molecular complexity index is 1610. The second kappa shape index (κ2) is 12.0. The standard InChI is InChI=1S/C33H34FN3O4/c1-4-37(5-2)27-19-29-25(30(33(40)35-3)31(41-29)20-13-15-23(34)16-14-20)18-24(27)21-9-8-10-22(17-21)32(39)36-26-11-6-7-12-28(26)38/h8-10,13-19,26H,4-7,11-12H2,1-3H3,(H,35,40)(H,36,39). The highest BCUT2D eigenvalue weighted by molar-refractivity contribution is 6.13. The molecule has 2 amide bonds. The third-order valence-electron chi connectivity index (χ3n) is 7.77. The summed E-state index contributed by atoms with van der Waals surface area (Å²) in [7, 11) is 1.56. The van der Waals surface area contributed by atoms with Gasteiger partial charge in [0, 0.05) is 60.4 Å². The molecule has 0 radical (unpaired) electrons. The van der Waals surface area contributed by atoms with E-state index < -0.39 is 6.04 Å². The van der Waals surface area contributed by atoms with Gasteiger partial charge in [0.25, 0.3) is 11.8 Å². The van der Waals surface area contributed by atoms with Crippen molar-refractivity contribution in [1.82, 2.24) is 10.6 Å². The van der Waals surface area contributed by atoms with Crippen LogP contribution in [0.15, 0.2) is 65.1 Å². The van der Waals surface area contributed by atoms with Gasteiger partial charge in [-0.25, -0.2) is 4.39 Å². The number of Topliss-reactive ketones (excluding diaryl/α,β-unsaturated/α-hetero) is 1. The van der Waals surface area contributed by atoms with E-state index in [2.05, 4.69) is 29.4 Å². The van der Waals surface area contributed by atoms with Crippen molar-refractivity contribution >= 4 is 34.3 Å². The van der Waals surface area contributed by atoms with Gasteiger partial charge < -0.3 is 20.0 Å². The first-order chi connectivity index (χ1) is 19.8. The fraction of sp³-hybridized carbons (Fsp3) is 0.303. The first kappa shape index (κ1) is 28.1. The fourth-order valence-electron chi connectivity index (χ4n) is 5.55. The number of rotatable bonds is 8. The number of hydrogen-bond donors (Lipinski definition) is 2. The Morgan fingerprint density at radius 3 is 2.41 bits per heavy atom. The third kappa shape index (κ3) is 5.59. The van der Waals surface area contributed by atoms with Crippen LogP contribution < -0.4 is 15.5 Å². The lowest BCUT2D eigenvalue weighted by Crippen LogP contribution is -2.42. The van der Waals surface area contributed by atoms with Crippen molar-refractivity contribution in [3.63, 3.8) is 0 Å². The molecule has 1 saturated carbocycles. The largest absolute Gasteiger partial charge is 0.455 e. The maximum atomic E-state index is 13.7. The predicted octanol–water partition coefficient (Wildman–Crippen LogP) is 6.35. The molecule has 1 heterocycles. The molecule has 8 heteroatoms. The Morgan fingerprint density at radius 1 is 0.976 bits per heavy atom. The normalized spacial score (nSPS) is 15.1. The number of fused-ring (bicyclic) bond motifs is 1. The van der Waals surface area contributed by atoms with Crippen molar-refractivity contribution < 1.29 is 23.2 Å². The van der Waals surface area contributed by atoms with Gasteiger partial charge in [0.1, 0.15) is 17.2 Å². The van der Waals surface area contributed by atoms with Gasteiger partial charge in [0.2, 0.25) is 0 Å². The van der Waals surface area contributed by atoms with Gasteiger partial charge in [0.05, 0.1) is 11.6 Å².